The van der Waals surface area contributed by atoms with E-state index in [1.807, 2.05) is 31.2 Å². The highest BCUT2D eigenvalue weighted by atomic mass is 19.1. The van der Waals surface area contributed by atoms with E-state index in [-0.39, 0.29) is 18.1 Å². The van der Waals surface area contributed by atoms with Gasteiger partial charge in [0.1, 0.15) is 5.82 Å². The Morgan fingerprint density at radius 1 is 1.04 bits per heavy atom. The molecular weight excluding hydrogens is 321 g/mol. The third-order valence-corrected chi connectivity index (χ3v) is 3.77. The lowest BCUT2D eigenvalue weighted by molar-refractivity contribution is -0.154. The van der Waals surface area contributed by atoms with Crippen LogP contribution in [0.2, 0.25) is 0 Å². The number of benzene rings is 2. The maximum atomic E-state index is 12.8. The molecule has 2 aromatic rings. The van der Waals surface area contributed by atoms with Crippen molar-refractivity contribution in [2.75, 3.05) is 6.54 Å². The Balaban J connectivity index is 1.72. The number of halogens is 1. The molecule has 0 unspecified atom stereocenters. The number of rotatable bonds is 7. The van der Waals surface area contributed by atoms with Crippen LogP contribution in [0.4, 0.5) is 4.39 Å². The molecule has 25 heavy (non-hydrogen) atoms. The predicted molar refractivity (Wildman–Crippen MR) is 93.6 cm³/mol. The lowest BCUT2D eigenvalue weighted by atomic mass is 10.1. The van der Waals surface area contributed by atoms with Gasteiger partial charge in [-0.1, -0.05) is 42.0 Å². The predicted octanol–water partition coefficient (Wildman–Crippen LogP) is 2.97. The Morgan fingerprint density at radius 2 is 1.64 bits per heavy atom. The zero-order valence-electron chi connectivity index (χ0n) is 14.4. The van der Waals surface area contributed by atoms with Crippen molar-refractivity contribution < 1.29 is 18.7 Å². The first kappa shape index (κ1) is 18.6. The largest absolute Gasteiger partial charge is 0.452 e. The molecule has 132 valence electrons. The Kier molecular flexibility index (Phi) is 6.69. The van der Waals surface area contributed by atoms with E-state index in [0.29, 0.717) is 13.0 Å². The van der Waals surface area contributed by atoms with Crippen molar-refractivity contribution in [1.29, 1.82) is 0 Å². The van der Waals surface area contributed by atoms with E-state index in [1.54, 1.807) is 19.1 Å². The lowest BCUT2D eigenvalue weighted by Crippen LogP contribution is -2.37. The van der Waals surface area contributed by atoms with E-state index in [9.17, 15) is 14.0 Å². The third-order valence-electron chi connectivity index (χ3n) is 3.77. The standard InChI is InChI=1S/C20H22FNO3/c1-14-3-5-17(6-4-14)13-19(23)25-15(2)20(24)22-12-11-16-7-9-18(21)10-8-16/h3-10,15H,11-13H2,1-2H3,(H,22,24)/t15-/m0/s1. The Bertz CT molecular complexity index is 711. The van der Waals surface area contributed by atoms with E-state index < -0.39 is 12.1 Å². The summed E-state index contributed by atoms with van der Waals surface area (Å²) < 4.78 is 18.0. The van der Waals surface area contributed by atoms with Crippen LogP contribution in [0.25, 0.3) is 0 Å². The van der Waals surface area contributed by atoms with Gasteiger partial charge < -0.3 is 10.1 Å². The summed E-state index contributed by atoms with van der Waals surface area (Å²) in [6.45, 7) is 3.91. The minimum Gasteiger partial charge on any atom is -0.452 e. The van der Waals surface area contributed by atoms with Gasteiger partial charge in [-0.2, -0.15) is 0 Å². The minimum atomic E-state index is -0.855. The summed E-state index contributed by atoms with van der Waals surface area (Å²) >= 11 is 0. The van der Waals surface area contributed by atoms with E-state index in [4.69, 9.17) is 4.74 Å². The summed E-state index contributed by atoms with van der Waals surface area (Å²) in [7, 11) is 0. The molecule has 5 heteroatoms. The Hall–Kier alpha value is -2.69. The van der Waals surface area contributed by atoms with E-state index in [2.05, 4.69) is 5.32 Å². The Morgan fingerprint density at radius 3 is 2.28 bits per heavy atom. The number of hydrogen-bond acceptors (Lipinski definition) is 3. The molecule has 0 fully saturated rings. The summed E-state index contributed by atoms with van der Waals surface area (Å²) in [6.07, 6.45) is -0.144. The first-order chi connectivity index (χ1) is 11.9. The van der Waals surface area contributed by atoms with Crippen LogP contribution in [0.1, 0.15) is 23.6 Å². The summed E-state index contributed by atoms with van der Waals surface area (Å²) in [4.78, 5) is 23.9. The van der Waals surface area contributed by atoms with Crippen LogP contribution in [0.5, 0.6) is 0 Å². The Labute approximate surface area is 147 Å². The van der Waals surface area contributed by atoms with Gasteiger partial charge in [-0.15, -0.1) is 0 Å². The zero-order valence-corrected chi connectivity index (χ0v) is 14.4. The highest BCUT2D eigenvalue weighted by Gasteiger charge is 2.17. The first-order valence-electron chi connectivity index (χ1n) is 8.21. The van der Waals surface area contributed by atoms with Gasteiger partial charge in [0.15, 0.2) is 6.10 Å². The average molecular weight is 343 g/mol. The topological polar surface area (TPSA) is 55.4 Å². The minimum absolute atomic E-state index is 0.132. The zero-order chi connectivity index (χ0) is 18.2. The van der Waals surface area contributed by atoms with Crippen molar-refractivity contribution in [3.63, 3.8) is 0 Å². The molecule has 0 aliphatic rings. The second kappa shape index (κ2) is 8.97. The molecule has 1 N–H and O–H groups in total. The van der Waals surface area contributed by atoms with Crippen molar-refractivity contribution in [2.45, 2.75) is 32.8 Å². The average Bonchev–Trinajstić information content (AvgIpc) is 2.58. The van der Waals surface area contributed by atoms with E-state index >= 15 is 0 Å². The van der Waals surface area contributed by atoms with Crippen LogP contribution in [-0.2, 0) is 27.2 Å². The number of carbonyl (C=O) groups is 2. The summed E-state index contributed by atoms with van der Waals surface area (Å²) in [6, 6.07) is 13.7. The van der Waals surface area contributed by atoms with Crippen LogP contribution in [0.3, 0.4) is 0 Å². The maximum Gasteiger partial charge on any atom is 0.311 e. The van der Waals surface area contributed by atoms with Gasteiger partial charge in [0.2, 0.25) is 0 Å². The van der Waals surface area contributed by atoms with Gasteiger partial charge in [-0.05, 0) is 43.5 Å². The maximum absolute atomic E-state index is 12.8. The van der Waals surface area contributed by atoms with Crippen LogP contribution in [0, 0.1) is 12.7 Å². The number of hydrogen-bond donors (Lipinski definition) is 1. The molecule has 2 rings (SSSR count). The van der Waals surface area contributed by atoms with Crippen molar-refractivity contribution in [3.05, 3.63) is 71.0 Å². The molecule has 2 aromatic carbocycles. The summed E-state index contributed by atoms with van der Waals surface area (Å²) in [5.41, 5.74) is 2.89. The second-order valence-electron chi connectivity index (χ2n) is 5.96. The molecule has 0 radical (unpaired) electrons. The number of aryl methyl sites for hydroxylation is 1. The van der Waals surface area contributed by atoms with Gasteiger partial charge in [-0.3, -0.25) is 9.59 Å². The van der Waals surface area contributed by atoms with Crippen LogP contribution in [0.15, 0.2) is 48.5 Å². The van der Waals surface area contributed by atoms with Crippen molar-refractivity contribution >= 4 is 11.9 Å². The fraction of sp³-hybridized carbons (Fsp3) is 0.300. The molecule has 4 nitrogen and oxygen atoms in total. The van der Waals surface area contributed by atoms with Crippen molar-refractivity contribution in [1.82, 2.24) is 5.32 Å². The highest BCUT2D eigenvalue weighted by Crippen LogP contribution is 2.06. The molecule has 0 aliphatic heterocycles. The van der Waals surface area contributed by atoms with Crippen LogP contribution in [-0.4, -0.2) is 24.5 Å². The van der Waals surface area contributed by atoms with E-state index in [1.165, 1.54) is 12.1 Å². The van der Waals surface area contributed by atoms with Crippen LogP contribution < -0.4 is 5.32 Å². The van der Waals surface area contributed by atoms with Crippen molar-refractivity contribution in [2.24, 2.45) is 0 Å². The molecule has 0 aromatic heterocycles. The van der Waals surface area contributed by atoms with E-state index in [0.717, 1.165) is 16.7 Å². The molecule has 0 saturated heterocycles. The molecule has 0 aliphatic carbocycles. The molecule has 0 heterocycles. The SMILES string of the molecule is Cc1ccc(CC(=O)O[C@@H](C)C(=O)NCCc2ccc(F)cc2)cc1. The molecule has 0 saturated carbocycles. The molecule has 0 spiro atoms. The number of amides is 1. The number of ether oxygens (including phenoxy) is 1. The van der Waals surface area contributed by atoms with Gasteiger partial charge in [0.05, 0.1) is 6.42 Å². The lowest BCUT2D eigenvalue weighted by Gasteiger charge is -2.13. The molecule has 1 amide bonds. The number of carbonyl (C=O) groups excluding carboxylic acids is 2. The normalized spacial score (nSPS) is 11.6. The summed E-state index contributed by atoms with van der Waals surface area (Å²) in [5, 5.41) is 2.71. The monoisotopic (exact) mass is 343 g/mol. The third kappa shape index (κ3) is 6.37. The fourth-order valence-corrected chi connectivity index (χ4v) is 2.29. The quantitative estimate of drug-likeness (QED) is 0.787. The smallest absolute Gasteiger partial charge is 0.311 e. The van der Waals surface area contributed by atoms with Gasteiger partial charge >= 0.3 is 5.97 Å². The van der Waals surface area contributed by atoms with Crippen LogP contribution >= 0.6 is 0 Å². The number of esters is 1. The molecule has 1 atom stereocenters. The highest BCUT2D eigenvalue weighted by molar-refractivity contribution is 5.83. The van der Waals surface area contributed by atoms with Gasteiger partial charge in [0.25, 0.3) is 5.91 Å². The summed E-state index contributed by atoms with van der Waals surface area (Å²) in [5.74, 6) is -1.08. The van der Waals surface area contributed by atoms with Gasteiger partial charge in [-0.25, -0.2) is 4.39 Å². The fourth-order valence-electron chi connectivity index (χ4n) is 2.29. The number of nitrogens with one attached hydrogen (secondary N) is 1. The molecular formula is C20H22FNO3. The second-order valence-corrected chi connectivity index (χ2v) is 5.96. The first-order valence-corrected chi connectivity index (χ1v) is 8.21. The van der Waals surface area contributed by atoms with Gasteiger partial charge in [0, 0.05) is 6.54 Å². The van der Waals surface area contributed by atoms with Crippen molar-refractivity contribution in [3.8, 4) is 0 Å². The molecule has 0 bridgehead atoms.